The third kappa shape index (κ3) is 12.8. The Morgan fingerprint density at radius 2 is 1.49 bits per heavy atom. The molecule has 1 atom stereocenters. The molecule has 0 aliphatic carbocycles. The first-order valence-electron chi connectivity index (χ1n) is 13.6. The minimum absolute atomic E-state index is 0.117. The summed E-state index contributed by atoms with van der Waals surface area (Å²) in [6.45, 7) is 6.75. The maximum Gasteiger partial charge on any atom is 0.308 e. The van der Waals surface area contributed by atoms with Gasteiger partial charge in [0.1, 0.15) is 25.5 Å². The molecule has 0 saturated heterocycles. The maximum atomic E-state index is 12.4. The van der Waals surface area contributed by atoms with Gasteiger partial charge in [0.25, 0.3) is 0 Å². The minimum atomic E-state index is -0.140. The van der Waals surface area contributed by atoms with Gasteiger partial charge in [0.05, 0.1) is 26.6 Å². The van der Waals surface area contributed by atoms with Crippen molar-refractivity contribution in [3.63, 3.8) is 0 Å². The molecule has 0 bridgehead atoms. The molecular formula is C31H48NO3+. The van der Waals surface area contributed by atoms with Crippen molar-refractivity contribution in [1.29, 1.82) is 0 Å². The standard InChI is InChI=1S/C31H48NO3/c1-5-6-7-8-9-10-12-15-28-18-20-30(21-19-28)34-24-25-35-31(33)27(2)22-23-32(3,4)26-29-16-13-11-14-17-29/h11,13-14,16-21,27H,5-10,12,15,22-26H2,1-4H3/q+1. The van der Waals surface area contributed by atoms with Gasteiger partial charge in [-0.2, -0.15) is 0 Å². The number of rotatable bonds is 18. The molecule has 4 nitrogen and oxygen atoms in total. The van der Waals surface area contributed by atoms with Crippen LogP contribution in [0.2, 0.25) is 0 Å². The van der Waals surface area contributed by atoms with Crippen molar-refractivity contribution in [2.24, 2.45) is 5.92 Å². The Hall–Kier alpha value is -2.33. The number of nitrogens with zero attached hydrogens (tertiary/aromatic N) is 1. The molecule has 194 valence electrons. The highest BCUT2D eigenvalue weighted by molar-refractivity contribution is 5.71. The van der Waals surface area contributed by atoms with Crippen LogP contribution in [-0.4, -0.2) is 44.3 Å². The van der Waals surface area contributed by atoms with Crippen molar-refractivity contribution in [2.45, 2.75) is 78.2 Å². The third-order valence-corrected chi connectivity index (χ3v) is 6.61. The first-order chi connectivity index (χ1) is 16.9. The van der Waals surface area contributed by atoms with Gasteiger partial charge in [-0.15, -0.1) is 0 Å². The number of hydrogen-bond donors (Lipinski definition) is 0. The van der Waals surface area contributed by atoms with Crippen LogP contribution in [0.3, 0.4) is 0 Å². The van der Waals surface area contributed by atoms with Crippen molar-refractivity contribution in [3.8, 4) is 5.75 Å². The molecule has 0 spiro atoms. The summed E-state index contributed by atoms with van der Waals surface area (Å²) >= 11 is 0. The van der Waals surface area contributed by atoms with Crippen LogP contribution in [0.5, 0.6) is 5.75 Å². The summed E-state index contributed by atoms with van der Waals surface area (Å²) in [5.41, 5.74) is 2.68. The largest absolute Gasteiger partial charge is 0.490 e. The molecule has 0 amide bonds. The predicted molar refractivity (Wildman–Crippen MR) is 145 cm³/mol. The molecule has 4 heteroatoms. The Morgan fingerprint density at radius 1 is 0.829 bits per heavy atom. The lowest BCUT2D eigenvalue weighted by Gasteiger charge is -2.30. The lowest BCUT2D eigenvalue weighted by molar-refractivity contribution is -0.904. The summed E-state index contributed by atoms with van der Waals surface area (Å²) in [5, 5.41) is 0. The van der Waals surface area contributed by atoms with Gasteiger partial charge in [-0.05, 0) is 30.5 Å². The summed E-state index contributed by atoms with van der Waals surface area (Å²) in [6.07, 6.45) is 11.3. The molecule has 0 heterocycles. The molecule has 2 aromatic rings. The first kappa shape index (κ1) is 28.9. The van der Waals surface area contributed by atoms with Crippen LogP contribution >= 0.6 is 0 Å². The van der Waals surface area contributed by atoms with Crippen LogP contribution in [0, 0.1) is 5.92 Å². The molecule has 0 radical (unpaired) electrons. The van der Waals surface area contributed by atoms with Gasteiger partial charge in [-0.25, -0.2) is 0 Å². The van der Waals surface area contributed by atoms with Gasteiger partial charge in [0.15, 0.2) is 0 Å². The monoisotopic (exact) mass is 482 g/mol. The molecule has 0 aliphatic heterocycles. The summed E-state index contributed by atoms with van der Waals surface area (Å²) in [7, 11) is 4.41. The molecule has 35 heavy (non-hydrogen) atoms. The molecule has 2 aromatic carbocycles. The first-order valence-corrected chi connectivity index (χ1v) is 13.6. The van der Waals surface area contributed by atoms with E-state index in [1.807, 2.05) is 25.1 Å². The van der Waals surface area contributed by atoms with Crippen LogP contribution < -0.4 is 4.74 Å². The van der Waals surface area contributed by atoms with Gasteiger partial charge in [0.2, 0.25) is 0 Å². The number of ether oxygens (including phenoxy) is 2. The van der Waals surface area contributed by atoms with Gasteiger partial charge < -0.3 is 14.0 Å². The fourth-order valence-corrected chi connectivity index (χ4v) is 4.30. The van der Waals surface area contributed by atoms with E-state index in [1.165, 1.54) is 56.1 Å². The second-order valence-electron chi connectivity index (χ2n) is 10.5. The summed E-state index contributed by atoms with van der Waals surface area (Å²) < 4.78 is 12.1. The van der Waals surface area contributed by atoms with Crippen LogP contribution in [0.15, 0.2) is 54.6 Å². The topological polar surface area (TPSA) is 35.5 Å². The SMILES string of the molecule is CCCCCCCCCc1ccc(OCCOC(=O)C(C)CC[N+](C)(C)Cc2ccccc2)cc1. The molecule has 0 fully saturated rings. The highest BCUT2D eigenvalue weighted by atomic mass is 16.6. The molecule has 0 saturated carbocycles. The Kier molecular flexibility index (Phi) is 13.5. The van der Waals surface area contributed by atoms with E-state index >= 15 is 0 Å². The number of quaternary nitrogens is 1. The Labute approximate surface area is 214 Å². The van der Waals surface area contributed by atoms with E-state index < -0.39 is 0 Å². The third-order valence-electron chi connectivity index (χ3n) is 6.61. The summed E-state index contributed by atoms with van der Waals surface area (Å²) in [4.78, 5) is 12.4. The Morgan fingerprint density at radius 3 is 2.17 bits per heavy atom. The van der Waals surface area contributed by atoms with E-state index in [4.69, 9.17) is 9.47 Å². The fraction of sp³-hybridized carbons (Fsp3) is 0.581. The zero-order chi connectivity index (χ0) is 25.4. The van der Waals surface area contributed by atoms with Crippen LogP contribution in [0.1, 0.15) is 76.3 Å². The van der Waals surface area contributed by atoms with Crippen LogP contribution in [0.4, 0.5) is 0 Å². The second kappa shape index (κ2) is 16.4. The Balaban J connectivity index is 1.57. The second-order valence-corrected chi connectivity index (χ2v) is 10.5. The number of esters is 1. The molecular weight excluding hydrogens is 434 g/mol. The van der Waals surface area contributed by atoms with Gasteiger partial charge >= 0.3 is 5.97 Å². The van der Waals surface area contributed by atoms with Crippen LogP contribution in [0.25, 0.3) is 0 Å². The van der Waals surface area contributed by atoms with Crippen molar-refractivity contribution < 1.29 is 18.8 Å². The van der Waals surface area contributed by atoms with Crippen molar-refractivity contribution >= 4 is 5.97 Å². The predicted octanol–water partition coefficient (Wildman–Crippen LogP) is 7.20. The average molecular weight is 483 g/mol. The van der Waals surface area contributed by atoms with E-state index in [1.54, 1.807) is 0 Å². The average Bonchev–Trinajstić information content (AvgIpc) is 2.85. The lowest BCUT2D eigenvalue weighted by Crippen LogP contribution is -2.40. The van der Waals surface area contributed by atoms with Crippen molar-refractivity contribution in [2.75, 3.05) is 33.9 Å². The van der Waals surface area contributed by atoms with Crippen molar-refractivity contribution in [3.05, 3.63) is 65.7 Å². The maximum absolute atomic E-state index is 12.4. The number of unbranched alkanes of at least 4 members (excludes halogenated alkanes) is 6. The highest BCUT2D eigenvalue weighted by Gasteiger charge is 2.21. The van der Waals surface area contributed by atoms with E-state index in [-0.39, 0.29) is 18.5 Å². The number of hydrogen-bond acceptors (Lipinski definition) is 3. The number of aryl methyl sites for hydroxylation is 1. The molecule has 0 aliphatic rings. The lowest BCUT2D eigenvalue weighted by atomic mass is 10.0. The fourth-order valence-electron chi connectivity index (χ4n) is 4.30. The number of carbonyl (C=O) groups excluding carboxylic acids is 1. The molecule has 2 rings (SSSR count). The molecule has 1 unspecified atom stereocenters. The summed E-state index contributed by atoms with van der Waals surface area (Å²) in [5.74, 6) is 0.574. The quantitative estimate of drug-likeness (QED) is 0.128. The van der Waals surface area contributed by atoms with Gasteiger partial charge in [-0.1, -0.05) is 94.8 Å². The van der Waals surface area contributed by atoms with E-state index in [2.05, 4.69) is 57.4 Å². The van der Waals surface area contributed by atoms with Gasteiger partial charge in [-0.3, -0.25) is 4.79 Å². The van der Waals surface area contributed by atoms with Crippen LogP contribution in [-0.2, 0) is 22.5 Å². The molecule has 0 N–H and O–H groups in total. The highest BCUT2D eigenvalue weighted by Crippen LogP contribution is 2.16. The van der Waals surface area contributed by atoms with Crippen molar-refractivity contribution in [1.82, 2.24) is 0 Å². The van der Waals surface area contributed by atoms with E-state index in [9.17, 15) is 4.79 Å². The molecule has 0 aromatic heterocycles. The smallest absolute Gasteiger partial charge is 0.308 e. The van der Waals surface area contributed by atoms with E-state index in [0.29, 0.717) is 6.61 Å². The zero-order valence-corrected chi connectivity index (χ0v) is 22.6. The minimum Gasteiger partial charge on any atom is -0.490 e. The Bertz CT molecular complexity index is 817. The summed E-state index contributed by atoms with van der Waals surface area (Å²) in [6, 6.07) is 18.8. The normalized spacial score (nSPS) is 12.3. The number of benzene rings is 2. The number of carbonyl (C=O) groups is 1. The van der Waals surface area contributed by atoms with E-state index in [0.717, 1.165) is 36.2 Å². The van der Waals surface area contributed by atoms with Gasteiger partial charge in [0, 0.05) is 12.0 Å². The zero-order valence-electron chi connectivity index (χ0n) is 22.6.